The van der Waals surface area contributed by atoms with Gasteiger partial charge in [0.2, 0.25) is 0 Å². The van der Waals surface area contributed by atoms with Crippen LogP contribution < -0.4 is 0 Å². The largest absolute Gasteiger partial charge is 0.386 e. The van der Waals surface area contributed by atoms with Gasteiger partial charge in [0.1, 0.15) is 6.10 Å². The Balaban J connectivity index is 3.76. The van der Waals surface area contributed by atoms with Crippen molar-refractivity contribution >= 4 is 5.78 Å². The summed E-state index contributed by atoms with van der Waals surface area (Å²) in [7, 11) is 1.62. The summed E-state index contributed by atoms with van der Waals surface area (Å²) >= 11 is 0. The Morgan fingerprint density at radius 2 is 2.08 bits per heavy atom. The monoisotopic (exact) mass is 174 g/mol. The van der Waals surface area contributed by atoms with E-state index < -0.39 is 6.10 Å². The van der Waals surface area contributed by atoms with Crippen LogP contribution in [0.4, 0.5) is 0 Å². The summed E-state index contributed by atoms with van der Waals surface area (Å²) in [4.78, 5) is 11.0. The molecular weight excluding hydrogens is 156 g/mol. The Kier molecular flexibility index (Phi) is 4.42. The molecule has 0 aromatic rings. The predicted molar refractivity (Wildman–Crippen MR) is 47.0 cm³/mol. The van der Waals surface area contributed by atoms with Gasteiger partial charge in [-0.1, -0.05) is 0 Å². The molecule has 1 N–H and O–H groups in total. The minimum atomic E-state index is -0.849. The minimum absolute atomic E-state index is 0.125. The van der Waals surface area contributed by atoms with Crippen molar-refractivity contribution in [3.63, 3.8) is 0 Å². The summed E-state index contributed by atoms with van der Waals surface area (Å²) in [6.45, 7) is 5.33. The van der Waals surface area contributed by atoms with Gasteiger partial charge in [-0.3, -0.25) is 4.79 Å². The molecule has 0 aliphatic carbocycles. The quantitative estimate of drug-likeness (QED) is 0.680. The van der Waals surface area contributed by atoms with Crippen molar-refractivity contribution in [1.82, 2.24) is 0 Å². The Hall–Kier alpha value is -0.410. The summed E-state index contributed by atoms with van der Waals surface area (Å²) < 4.78 is 5.13. The van der Waals surface area contributed by atoms with Crippen molar-refractivity contribution < 1.29 is 14.6 Å². The molecule has 0 amide bonds. The van der Waals surface area contributed by atoms with Gasteiger partial charge in [0.15, 0.2) is 5.78 Å². The van der Waals surface area contributed by atoms with Gasteiger partial charge in [-0.25, -0.2) is 0 Å². The maximum atomic E-state index is 11.0. The molecule has 0 aromatic carbocycles. The van der Waals surface area contributed by atoms with Crippen molar-refractivity contribution in [3.05, 3.63) is 0 Å². The lowest BCUT2D eigenvalue weighted by Crippen LogP contribution is -2.26. The van der Waals surface area contributed by atoms with Gasteiger partial charge in [0, 0.05) is 13.5 Å². The maximum Gasteiger partial charge on any atom is 0.161 e. The normalized spacial score (nSPS) is 14.4. The molecular formula is C9H18O3. The third-order valence-corrected chi connectivity index (χ3v) is 1.99. The Labute approximate surface area is 73.7 Å². The summed E-state index contributed by atoms with van der Waals surface area (Å²) in [6.07, 6.45) is 0.170. The van der Waals surface area contributed by atoms with Crippen LogP contribution in [0.1, 0.15) is 33.6 Å². The number of Topliss-reactive ketones (excluding diaryl/α,β-unsaturated/α-hetero) is 1. The molecule has 0 saturated heterocycles. The van der Waals surface area contributed by atoms with Gasteiger partial charge < -0.3 is 9.84 Å². The van der Waals surface area contributed by atoms with E-state index in [1.54, 1.807) is 7.11 Å². The first-order valence-electron chi connectivity index (χ1n) is 4.15. The Bertz CT molecular complexity index is 150. The SMILES string of the molecule is COC(C)(C)CCC(=O)C(C)O. The molecule has 0 spiro atoms. The van der Waals surface area contributed by atoms with E-state index >= 15 is 0 Å². The molecule has 72 valence electrons. The third kappa shape index (κ3) is 4.46. The first-order valence-corrected chi connectivity index (χ1v) is 4.15. The average molecular weight is 174 g/mol. The zero-order valence-corrected chi connectivity index (χ0v) is 8.26. The van der Waals surface area contributed by atoms with E-state index in [0.29, 0.717) is 12.8 Å². The molecule has 0 aliphatic heterocycles. The van der Waals surface area contributed by atoms with E-state index in [0.717, 1.165) is 0 Å². The highest BCUT2D eigenvalue weighted by molar-refractivity contribution is 5.82. The maximum absolute atomic E-state index is 11.0. The molecule has 1 unspecified atom stereocenters. The number of hydrogen-bond acceptors (Lipinski definition) is 3. The lowest BCUT2D eigenvalue weighted by molar-refractivity contribution is -0.127. The van der Waals surface area contributed by atoms with Crippen molar-refractivity contribution in [2.75, 3.05) is 7.11 Å². The summed E-state index contributed by atoms with van der Waals surface area (Å²) in [5.74, 6) is -0.125. The number of aliphatic hydroxyl groups is 1. The fourth-order valence-corrected chi connectivity index (χ4v) is 0.735. The van der Waals surface area contributed by atoms with Crippen LogP contribution in [0, 0.1) is 0 Å². The highest BCUT2D eigenvalue weighted by Crippen LogP contribution is 2.15. The van der Waals surface area contributed by atoms with Crippen LogP contribution in [-0.4, -0.2) is 29.7 Å². The molecule has 1 atom stereocenters. The van der Waals surface area contributed by atoms with Crippen molar-refractivity contribution in [2.45, 2.75) is 45.3 Å². The molecule has 0 aliphatic rings. The van der Waals surface area contributed by atoms with Gasteiger partial charge in [-0.05, 0) is 27.2 Å². The number of methoxy groups -OCH3 is 1. The van der Waals surface area contributed by atoms with Crippen LogP contribution in [0.5, 0.6) is 0 Å². The predicted octanol–water partition coefficient (Wildman–Crippen LogP) is 1.14. The van der Waals surface area contributed by atoms with Gasteiger partial charge in [-0.15, -0.1) is 0 Å². The highest BCUT2D eigenvalue weighted by Gasteiger charge is 2.19. The number of carbonyl (C=O) groups is 1. The van der Waals surface area contributed by atoms with Crippen LogP contribution in [0.25, 0.3) is 0 Å². The van der Waals surface area contributed by atoms with E-state index in [1.807, 2.05) is 13.8 Å². The topological polar surface area (TPSA) is 46.5 Å². The summed E-state index contributed by atoms with van der Waals surface area (Å²) in [5, 5.41) is 8.90. The molecule has 12 heavy (non-hydrogen) atoms. The molecule has 0 saturated carbocycles. The minimum Gasteiger partial charge on any atom is -0.386 e. The Morgan fingerprint density at radius 3 is 2.42 bits per heavy atom. The van der Waals surface area contributed by atoms with Gasteiger partial charge in [0.25, 0.3) is 0 Å². The van der Waals surface area contributed by atoms with E-state index in [9.17, 15) is 4.79 Å². The van der Waals surface area contributed by atoms with E-state index in [2.05, 4.69) is 0 Å². The van der Waals surface area contributed by atoms with Gasteiger partial charge in [0.05, 0.1) is 5.60 Å². The Morgan fingerprint density at radius 1 is 1.58 bits per heavy atom. The lowest BCUT2D eigenvalue weighted by atomic mass is 9.99. The van der Waals surface area contributed by atoms with Crippen molar-refractivity contribution in [3.8, 4) is 0 Å². The third-order valence-electron chi connectivity index (χ3n) is 1.99. The zero-order chi connectivity index (χ0) is 9.78. The fraction of sp³-hybridized carbons (Fsp3) is 0.889. The average Bonchev–Trinajstić information content (AvgIpc) is 2.00. The number of rotatable bonds is 5. The second-order valence-corrected chi connectivity index (χ2v) is 3.61. The molecule has 0 rings (SSSR count). The standard InChI is InChI=1S/C9H18O3/c1-7(10)8(11)5-6-9(2,3)12-4/h7,10H,5-6H2,1-4H3. The second-order valence-electron chi connectivity index (χ2n) is 3.61. The van der Waals surface area contributed by atoms with Crippen LogP contribution in [0.3, 0.4) is 0 Å². The number of hydrogen-bond donors (Lipinski definition) is 1. The van der Waals surface area contributed by atoms with Gasteiger partial charge >= 0.3 is 0 Å². The van der Waals surface area contributed by atoms with Crippen molar-refractivity contribution in [2.24, 2.45) is 0 Å². The zero-order valence-electron chi connectivity index (χ0n) is 8.26. The smallest absolute Gasteiger partial charge is 0.161 e. The number of ether oxygens (including phenoxy) is 1. The highest BCUT2D eigenvalue weighted by atomic mass is 16.5. The first-order chi connectivity index (χ1) is 5.39. The van der Waals surface area contributed by atoms with Crippen LogP contribution >= 0.6 is 0 Å². The lowest BCUT2D eigenvalue weighted by Gasteiger charge is -2.22. The number of aliphatic hydroxyl groups excluding tert-OH is 1. The van der Waals surface area contributed by atoms with E-state index in [4.69, 9.17) is 9.84 Å². The van der Waals surface area contributed by atoms with Crippen LogP contribution in [0.2, 0.25) is 0 Å². The molecule has 3 nitrogen and oxygen atoms in total. The van der Waals surface area contributed by atoms with Crippen molar-refractivity contribution in [1.29, 1.82) is 0 Å². The van der Waals surface area contributed by atoms with E-state index in [1.165, 1.54) is 6.92 Å². The summed E-state index contributed by atoms with van der Waals surface area (Å²) in [6, 6.07) is 0. The molecule has 0 fully saturated rings. The molecule has 0 radical (unpaired) electrons. The molecule has 3 heteroatoms. The second kappa shape index (κ2) is 4.58. The fourth-order valence-electron chi connectivity index (χ4n) is 0.735. The van der Waals surface area contributed by atoms with Crippen LogP contribution in [0.15, 0.2) is 0 Å². The number of carbonyl (C=O) groups excluding carboxylic acids is 1. The number of ketones is 1. The van der Waals surface area contributed by atoms with Gasteiger partial charge in [-0.2, -0.15) is 0 Å². The summed E-state index contributed by atoms with van der Waals surface area (Å²) in [5.41, 5.74) is -0.273. The first kappa shape index (κ1) is 11.6. The molecule has 0 aromatic heterocycles. The van der Waals surface area contributed by atoms with E-state index in [-0.39, 0.29) is 11.4 Å². The molecule has 0 heterocycles. The van der Waals surface area contributed by atoms with Crippen LogP contribution in [-0.2, 0) is 9.53 Å². The molecule has 0 bridgehead atoms.